The molecule has 0 fully saturated rings. The van der Waals surface area contributed by atoms with Gasteiger partial charge in [0.15, 0.2) is 0 Å². The molecule has 0 aliphatic heterocycles. The van der Waals surface area contributed by atoms with E-state index in [-0.39, 0.29) is 5.91 Å². The summed E-state index contributed by atoms with van der Waals surface area (Å²) in [6, 6.07) is 5.16. The number of benzene rings is 1. The van der Waals surface area contributed by atoms with Gasteiger partial charge in [0.05, 0.1) is 6.33 Å². The Morgan fingerprint density at radius 3 is 3.00 bits per heavy atom. The van der Waals surface area contributed by atoms with Gasteiger partial charge in [0.1, 0.15) is 0 Å². The molecule has 6 heteroatoms. The summed E-state index contributed by atoms with van der Waals surface area (Å²) in [6.07, 6.45) is 7.14. The molecule has 1 aromatic heterocycles. The minimum atomic E-state index is -0.175. The highest BCUT2D eigenvalue weighted by atomic mass is 16.1. The molecule has 1 aromatic carbocycles. The Balaban J connectivity index is 1.84. The fourth-order valence-corrected chi connectivity index (χ4v) is 1.70. The SMILES string of the molecule is Nc1ccc(N)c(/C=C/C(=O)NCCc2cnc[nH]2)c1. The summed E-state index contributed by atoms with van der Waals surface area (Å²) in [6.45, 7) is 0.539. The smallest absolute Gasteiger partial charge is 0.244 e. The maximum atomic E-state index is 11.6. The lowest BCUT2D eigenvalue weighted by molar-refractivity contribution is -0.116. The largest absolute Gasteiger partial charge is 0.399 e. The molecular weight excluding hydrogens is 254 g/mol. The van der Waals surface area contributed by atoms with Crippen molar-refractivity contribution in [3.8, 4) is 0 Å². The predicted octanol–water partition coefficient (Wildman–Crippen LogP) is 0.946. The fourth-order valence-electron chi connectivity index (χ4n) is 1.70. The van der Waals surface area contributed by atoms with Gasteiger partial charge >= 0.3 is 0 Å². The third kappa shape index (κ3) is 3.88. The van der Waals surface area contributed by atoms with Crippen molar-refractivity contribution in [2.75, 3.05) is 18.0 Å². The number of amides is 1. The molecule has 0 aliphatic rings. The Kier molecular flexibility index (Phi) is 4.39. The lowest BCUT2D eigenvalue weighted by atomic mass is 10.1. The minimum absolute atomic E-state index is 0.175. The first kappa shape index (κ1) is 13.7. The number of aromatic amines is 1. The van der Waals surface area contributed by atoms with Crippen molar-refractivity contribution >= 4 is 23.4 Å². The molecule has 0 spiro atoms. The fraction of sp³-hybridized carbons (Fsp3) is 0.143. The molecule has 2 aromatic rings. The first-order chi connectivity index (χ1) is 9.65. The average molecular weight is 271 g/mol. The molecule has 1 amide bonds. The van der Waals surface area contributed by atoms with Crippen LogP contribution in [-0.4, -0.2) is 22.4 Å². The number of aromatic nitrogens is 2. The van der Waals surface area contributed by atoms with E-state index in [2.05, 4.69) is 15.3 Å². The highest BCUT2D eigenvalue weighted by Crippen LogP contribution is 2.16. The zero-order valence-electron chi connectivity index (χ0n) is 11.0. The van der Waals surface area contributed by atoms with Crippen molar-refractivity contribution in [3.63, 3.8) is 0 Å². The number of nitrogens with zero attached hydrogens (tertiary/aromatic N) is 1. The lowest BCUT2D eigenvalue weighted by Crippen LogP contribution is -2.23. The highest BCUT2D eigenvalue weighted by molar-refractivity contribution is 5.92. The molecule has 6 N–H and O–H groups in total. The number of hydrogen-bond donors (Lipinski definition) is 4. The Morgan fingerprint density at radius 2 is 2.25 bits per heavy atom. The van der Waals surface area contributed by atoms with Gasteiger partial charge < -0.3 is 21.8 Å². The van der Waals surface area contributed by atoms with Crippen LogP contribution >= 0.6 is 0 Å². The average Bonchev–Trinajstić information content (AvgIpc) is 2.93. The molecule has 2 rings (SSSR count). The van der Waals surface area contributed by atoms with Crippen LogP contribution in [0.3, 0.4) is 0 Å². The number of nitrogen functional groups attached to an aromatic ring is 2. The quantitative estimate of drug-likeness (QED) is 0.479. The van der Waals surface area contributed by atoms with Crippen molar-refractivity contribution in [1.29, 1.82) is 0 Å². The number of nitrogens with two attached hydrogens (primary N) is 2. The monoisotopic (exact) mass is 271 g/mol. The summed E-state index contributed by atoms with van der Waals surface area (Å²) >= 11 is 0. The normalized spacial score (nSPS) is 10.8. The van der Waals surface area contributed by atoms with Gasteiger partial charge in [-0.15, -0.1) is 0 Å². The van der Waals surface area contributed by atoms with E-state index in [1.165, 1.54) is 6.08 Å². The minimum Gasteiger partial charge on any atom is -0.399 e. The summed E-state index contributed by atoms with van der Waals surface area (Å²) < 4.78 is 0. The summed E-state index contributed by atoms with van der Waals surface area (Å²) in [5.41, 5.74) is 14.4. The molecule has 1 heterocycles. The lowest BCUT2D eigenvalue weighted by Gasteiger charge is -2.02. The van der Waals surface area contributed by atoms with Gasteiger partial charge in [-0.1, -0.05) is 0 Å². The standard InChI is InChI=1S/C14H17N5O/c15-11-2-3-13(16)10(7-11)1-4-14(20)18-6-5-12-8-17-9-19-12/h1-4,7-9H,5-6,15-16H2,(H,17,19)(H,18,20)/b4-1+. The van der Waals surface area contributed by atoms with Crippen LogP contribution in [0.15, 0.2) is 36.8 Å². The predicted molar refractivity (Wildman–Crippen MR) is 79.6 cm³/mol. The van der Waals surface area contributed by atoms with E-state index in [0.717, 1.165) is 11.3 Å². The van der Waals surface area contributed by atoms with Gasteiger partial charge in [-0.3, -0.25) is 4.79 Å². The molecule has 104 valence electrons. The van der Waals surface area contributed by atoms with Gasteiger partial charge in [-0.2, -0.15) is 0 Å². The van der Waals surface area contributed by atoms with Crippen molar-refractivity contribution in [2.45, 2.75) is 6.42 Å². The van der Waals surface area contributed by atoms with Crippen molar-refractivity contribution in [3.05, 3.63) is 48.1 Å². The maximum absolute atomic E-state index is 11.6. The number of carbonyl (C=O) groups excluding carboxylic acids is 1. The zero-order valence-corrected chi connectivity index (χ0v) is 11.0. The second-order valence-electron chi connectivity index (χ2n) is 4.34. The molecule has 0 saturated carbocycles. The maximum Gasteiger partial charge on any atom is 0.244 e. The molecule has 0 saturated heterocycles. The van der Waals surface area contributed by atoms with Crippen molar-refractivity contribution in [1.82, 2.24) is 15.3 Å². The molecule has 0 atom stereocenters. The van der Waals surface area contributed by atoms with Gasteiger partial charge in [-0.25, -0.2) is 4.98 Å². The Labute approximate surface area is 116 Å². The number of hydrogen-bond acceptors (Lipinski definition) is 4. The Hall–Kier alpha value is -2.76. The summed E-state index contributed by atoms with van der Waals surface area (Å²) in [5.74, 6) is -0.175. The second-order valence-corrected chi connectivity index (χ2v) is 4.34. The molecule has 0 radical (unpaired) electrons. The molecular formula is C14H17N5O. The van der Waals surface area contributed by atoms with E-state index in [1.54, 1.807) is 36.8 Å². The number of imidazole rings is 1. The van der Waals surface area contributed by atoms with Crippen LogP contribution in [0, 0.1) is 0 Å². The van der Waals surface area contributed by atoms with Crippen LogP contribution in [0.1, 0.15) is 11.3 Å². The number of nitrogens with one attached hydrogen (secondary N) is 2. The van der Waals surface area contributed by atoms with E-state index >= 15 is 0 Å². The zero-order chi connectivity index (χ0) is 14.4. The van der Waals surface area contributed by atoms with Gasteiger partial charge in [0.2, 0.25) is 5.91 Å². The molecule has 0 aliphatic carbocycles. The third-order valence-corrected chi connectivity index (χ3v) is 2.77. The van der Waals surface area contributed by atoms with Crippen LogP contribution in [0.4, 0.5) is 11.4 Å². The Bertz CT molecular complexity index is 604. The van der Waals surface area contributed by atoms with Crippen LogP contribution in [-0.2, 0) is 11.2 Å². The van der Waals surface area contributed by atoms with E-state index in [9.17, 15) is 4.79 Å². The molecule has 20 heavy (non-hydrogen) atoms. The van der Waals surface area contributed by atoms with Gasteiger partial charge in [0.25, 0.3) is 0 Å². The van der Waals surface area contributed by atoms with Crippen molar-refractivity contribution in [2.24, 2.45) is 0 Å². The molecule has 0 unspecified atom stereocenters. The summed E-state index contributed by atoms with van der Waals surface area (Å²) in [4.78, 5) is 18.5. The number of H-pyrrole nitrogens is 1. The molecule has 6 nitrogen and oxygen atoms in total. The van der Waals surface area contributed by atoms with Crippen LogP contribution in [0.25, 0.3) is 6.08 Å². The van der Waals surface area contributed by atoms with E-state index in [1.807, 2.05) is 0 Å². The van der Waals surface area contributed by atoms with Gasteiger partial charge in [-0.05, 0) is 29.8 Å². The number of carbonyl (C=O) groups is 1. The van der Waals surface area contributed by atoms with Crippen molar-refractivity contribution < 1.29 is 4.79 Å². The Morgan fingerprint density at radius 1 is 1.40 bits per heavy atom. The van der Waals surface area contributed by atoms with Crippen LogP contribution in [0.5, 0.6) is 0 Å². The van der Waals surface area contributed by atoms with E-state index < -0.39 is 0 Å². The first-order valence-corrected chi connectivity index (χ1v) is 6.23. The number of rotatable bonds is 5. The molecule has 0 bridgehead atoms. The van der Waals surface area contributed by atoms with Crippen LogP contribution < -0.4 is 16.8 Å². The highest BCUT2D eigenvalue weighted by Gasteiger charge is 1.99. The topological polar surface area (TPSA) is 110 Å². The van der Waals surface area contributed by atoms with Crippen LogP contribution in [0.2, 0.25) is 0 Å². The van der Waals surface area contributed by atoms with E-state index in [0.29, 0.717) is 24.3 Å². The van der Waals surface area contributed by atoms with E-state index in [4.69, 9.17) is 11.5 Å². The summed E-state index contributed by atoms with van der Waals surface area (Å²) in [5, 5.41) is 2.78. The van der Waals surface area contributed by atoms with Gasteiger partial charge in [0, 0.05) is 42.3 Å². The first-order valence-electron chi connectivity index (χ1n) is 6.23. The summed E-state index contributed by atoms with van der Waals surface area (Å²) in [7, 11) is 0. The third-order valence-electron chi connectivity index (χ3n) is 2.77. The number of anilines is 2. The second kappa shape index (κ2) is 6.42.